The number of rotatable bonds is 6. The maximum atomic E-state index is 10.2. The molecule has 0 radical (unpaired) electrons. The number of aromatic nitrogens is 1. The number of unbranched alkanes of at least 4 members (excludes halogenated alkanes) is 1. The van der Waals surface area contributed by atoms with E-state index in [1.165, 1.54) is 37.7 Å². The molecule has 0 bridgehead atoms. The smallest absolute Gasteiger partial charge is 0.303 e. The normalized spacial score (nSPS) is 31.8. The van der Waals surface area contributed by atoms with Gasteiger partial charge in [0, 0.05) is 32.2 Å². The zero-order valence-electron chi connectivity index (χ0n) is 24.0. The summed E-state index contributed by atoms with van der Waals surface area (Å²) >= 11 is 0. The van der Waals surface area contributed by atoms with Gasteiger partial charge in [-0.3, -0.25) is 19.4 Å². The lowest BCUT2D eigenvalue weighted by atomic mass is 9.47. The second kappa shape index (κ2) is 13.6. The van der Waals surface area contributed by atoms with E-state index in [1.54, 1.807) is 11.1 Å². The molecule has 0 aromatic carbocycles. The van der Waals surface area contributed by atoms with Crippen molar-refractivity contribution in [3.63, 3.8) is 0 Å². The molecule has 220 valence electrons. The Morgan fingerprint density at radius 3 is 2.12 bits per heavy atom. The highest BCUT2D eigenvalue weighted by molar-refractivity contribution is 5.72. The molecule has 0 unspecified atom stereocenters. The van der Waals surface area contributed by atoms with E-state index in [-0.39, 0.29) is 18.9 Å². The van der Waals surface area contributed by atoms with E-state index in [2.05, 4.69) is 43.1 Å². The zero-order chi connectivity index (χ0) is 29.5. The third-order valence-corrected chi connectivity index (χ3v) is 9.66. The molecule has 4 aliphatic carbocycles. The number of hydrogen-bond acceptors (Lipinski definition) is 5. The van der Waals surface area contributed by atoms with Gasteiger partial charge in [-0.05, 0) is 104 Å². The standard InChI is InChI=1S/C24H31NO.C6H10O4.C2H4O2/c1-23-11-9-18(26)14-17(23)5-6-19-21-8-7-20(16-4-3-13-25-15-16)24(21,2)12-10-22(19)23;7-5(8)3-1-2-4-6(9)10;1-2(3)4/h3-5,7,13,15,18-19,21-22,26H,6,8-12,14H2,1-2H3;1-4H2,(H,7,8)(H,9,10);1H3,(H,3,4)/t18-,19-,21-,22-,23-,24+;;/m0../s1. The van der Waals surface area contributed by atoms with Crippen LogP contribution in [0, 0.1) is 28.6 Å². The molecule has 40 heavy (non-hydrogen) atoms. The van der Waals surface area contributed by atoms with E-state index in [4.69, 9.17) is 20.1 Å². The van der Waals surface area contributed by atoms with Gasteiger partial charge >= 0.3 is 11.9 Å². The molecule has 6 atom stereocenters. The number of fused-ring (bicyclic) bond motifs is 5. The van der Waals surface area contributed by atoms with Gasteiger partial charge in [0.15, 0.2) is 0 Å². The van der Waals surface area contributed by atoms with Gasteiger partial charge in [0.25, 0.3) is 5.97 Å². The van der Waals surface area contributed by atoms with Crippen LogP contribution in [-0.2, 0) is 14.4 Å². The molecule has 1 aromatic rings. The highest BCUT2D eigenvalue weighted by Gasteiger charge is 2.56. The Hall–Kier alpha value is -3.00. The van der Waals surface area contributed by atoms with Crippen molar-refractivity contribution in [2.45, 2.75) is 97.5 Å². The number of pyridine rings is 1. The van der Waals surface area contributed by atoms with Crippen molar-refractivity contribution in [3.8, 4) is 0 Å². The second-order valence-corrected chi connectivity index (χ2v) is 12.2. The van der Waals surface area contributed by atoms with Gasteiger partial charge < -0.3 is 20.4 Å². The van der Waals surface area contributed by atoms with Gasteiger partial charge in [0.05, 0.1) is 6.10 Å². The first-order valence-corrected chi connectivity index (χ1v) is 14.5. The van der Waals surface area contributed by atoms with E-state index in [9.17, 15) is 14.7 Å². The van der Waals surface area contributed by atoms with E-state index >= 15 is 0 Å². The van der Waals surface area contributed by atoms with Crippen molar-refractivity contribution in [1.82, 2.24) is 4.98 Å². The zero-order valence-corrected chi connectivity index (χ0v) is 24.0. The van der Waals surface area contributed by atoms with Crippen LogP contribution in [0.25, 0.3) is 5.57 Å². The molecule has 1 heterocycles. The summed E-state index contributed by atoms with van der Waals surface area (Å²) in [7, 11) is 0. The minimum absolute atomic E-state index is 0.0628. The van der Waals surface area contributed by atoms with Crippen LogP contribution < -0.4 is 0 Å². The predicted molar refractivity (Wildman–Crippen MR) is 152 cm³/mol. The first-order chi connectivity index (χ1) is 18.9. The van der Waals surface area contributed by atoms with Crippen LogP contribution in [0.5, 0.6) is 0 Å². The molecule has 0 spiro atoms. The Morgan fingerprint density at radius 2 is 1.55 bits per heavy atom. The second-order valence-electron chi connectivity index (χ2n) is 12.2. The number of hydrogen-bond donors (Lipinski definition) is 4. The van der Waals surface area contributed by atoms with Gasteiger partial charge in [0.2, 0.25) is 0 Å². The number of aliphatic hydroxyl groups is 1. The summed E-state index contributed by atoms with van der Waals surface area (Å²) < 4.78 is 0. The topological polar surface area (TPSA) is 145 Å². The van der Waals surface area contributed by atoms with Crippen molar-refractivity contribution in [1.29, 1.82) is 0 Å². The number of carboxylic acid groups (broad SMARTS) is 3. The van der Waals surface area contributed by atoms with E-state index in [1.807, 2.05) is 12.4 Å². The lowest BCUT2D eigenvalue weighted by Gasteiger charge is -2.57. The summed E-state index contributed by atoms with van der Waals surface area (Å²) in [5, 5.41) is 33.8. The number of allylic oxidation sites excluding steroid dienone is 3. The minimum Gasteiger partial charge on any atom is -0.481 e. The maximum Gasteiger partial charge on any atom is 0.303 e. The monoisotopic (exact) mass is 555 g/mol. The number of aliphatic carboxylic acids is 3. The van der Waals surface area contributed by atoms with Gasteiger partial charge in [0.1, 0.15) is 0 Å². The van der Waals surface area contributed by atoms with Crippen LogP contribution in [0.2, 0.25) is 0 Å². The first kappa shape index (κ1) is 31.5. The number of nitrogens with zero attached hydrogens (tertiary/aromatic N) is 1. The molecule has 4 N–H and O–H groups in total. The average Bonchev–Trinajstić information content (AvgIpc) is 3.25. The molecule has 0 aliphatic heterocycles. The molecule has 0 saturated heterocycles. The third kappa shape index (κ3) is 7.39. The van der Waals surface area contributed by atoms with Crippen molar-refractivity contribution in [3.05, 3.63) is 47.8 Å². The molecular weight excluding hydrogens is 510 g/mol. The molecule has 1 aromatic heterocycles. The quantitative estimate of drug-likeness (QED) is 0.240. The Labute approximate surface area is 237 Å². The van der Waals surface area contributed by atoms with E-state index in [0.29, 0.717) is 23.7 Å². The number of carboxylic acids is 3. The molecule has 0 amide bonds. The lowest BCUT2D eigenvalue weighted by molar-refractivity contribution is -0.139. The Kier molecular flexibility index (Phi) is 10.7. The summed E-state index contributed by atoms with van der Waals surface area (Å²) in [6.07, 6.45) is 18.0. The molecule has 8 nitrogen and oxygen atoms in total. The minimum atomic E-state index is -0.870. The molecule has 4 aliphatic rings. The fourth-order valence-electron chi connectivity index (χ4n) is 7.73. The maximum absolute atomic E-state index is 10.2. The summed E-state index contributed by atoms with van der Waals surface area (Å²) in [5.74, 6) is -0.216. The van der Waals surface area contributed by atoms with Crippen LogP contribution in [0.15, 0.2) is 42.3 Å². The fraction of sp³-hybridized carbons (Fsp3) is 0.625. The van der Waals surface area contributed by atoms with Crippen LogP contribution in [0.4, 0.5) is 0 Å². The SMILES string of the molecule is CC(=O)O.C[C@]12CC[C@H](O)CC1=CC[C@@H]1[C@@H]2CC[C@]2(C)C(c3cccnc3)=CC[C@@H]12.O=C(O)CCCCC(=O)O. The van der Waals surface area contributed by atoms with E-state index in [0.717, 1.165) is 37.5 Å². The molecule has 5 rings (SSSR count). The highest BCUT2D eigenvalue weighted by Crippen LogP contribution is 2.66. The van der Waals surface area contributed by atoms with Gasteiger partial charge in [-0.15, -0.1) is 0 Å². The Bertz CT molecular complexity index is 1090. The Balaban J connectivity index is 0.000000265. The van der Waals surface area contributed by atoms with Crippen molar-refractivity contribution in [2.75, 3.05) is 0 Å². The van der Waals surface area contributed by atoms with Crippen LogP contribution in [0.1, 0.15) is 97.0 Å². The highest BCUT2D eigenvalue weighted by atomic mass is 16.4. The summed E-state index contributed by atoms with van der Waals surface area (Å²) in [5.41, 5.74) is 5.09. The predicted octanol–water partition coefficient (Wildman–Crippen LogP) is 6.21. The average molecular weight is 556 g/mol. The molecule has 8 heteroatoms. The van der Waals surface area contributed by atoms with Crippen molar-refractivity contribution < 1.29 is 34.8 Å². The fourth-order valence-corrected chi connectivity index (χ4v) is 7.73. The van der Waals surface area contributed by atoms with Crippen LogP contribution in [0.3, 0.4) is 0 Å². The molecular formula is C32H45NO7. The summed E-state index contributed by atoms with van der Waals surface area (Å²) in [6.45, 7) is 6.11. The van der Waals surface area contributed by atoms with Crippen LogP contribution >= 0.6 is 0 Å². The van der Waals surface area contributed by atoms with E-state index < -0.39 is 17.9 Å². The largest absolute Gasteiger partial charge is 0.481 e. The molecule has 2 saturated carbocycles. The molecule has 2 fully saturated rings. The number of carbonyl (C=O) groups is 3. The van der Waals surface area contributed by atoms with Crippen molar-refractivity contribution in [2.24, 2.45) is 28.6 Å². The summed E-state index contributed by atoms with van der Waals surface area (Å²) in [6, 6.07) is 4.31. The van der Waals surface area contributed by atoms with Crippen molar-refractivity contribution >= 4 is 23.5 Å². The van der Waals surface area contributed by atoms with Gasteiger partial charge in [-0.2, -0.15) is 0 Å². The lowest BCUT2D eigenvalue weighted by Crippen LogP contribution is -2.49. The summed E-state index contributed by atoms with van der Waals surface area (Å²) in [4.78, 5) is 33.2. The van der Waals surface area contributed by atoms with Gasteiger partial charge in [-0.25, -0.2) is 0 Å². The Morgan fingerprint density at radius 1 is 0.925 bits per heavy atom. The third-order valence-electron chi connectivity index (χ3n) is 9.66. The number of aliphatic hydroxyl groups excluding tert-OH is 1. The first-order valence-electron chi connectivity index (χ1n) is 14.5. The van der Waals surface area contributed by atoms with Gasteiger partial charge in [-0.1, -0.05) is 37.6 Å². The van der Waals surface area contributed by atoms with Crippen LogP contribution in [-0.4, -0.2) is 49.4 Å².